The highest BCUT2D eigenvalue weighted by Gasteiger charge is 2.26. The van der Waals surface area contributed by atoms with Crippen molar-refractivity contribution in [2.45, 2.75) is 51.9 Å². The van der Waals surface area contributed by atoms with E-state index in [1.807, 2.05) is 34.4 Å². The summed E-state index contributed by atoms with van der Waals surface area (Å²) in [5.41, 5.74) is 2.40. The molecule has 1 aliphatic heterocycles. The third-order valence-corrected chi connectivity index (χ3v) is 6.33. The monoisotopic (exact) mass is 342 g/mol. The number of carbonyl (C=O) groups is 1. The molecule has 4 heteroatoms. The molecule has 2 heterocycles. The number of aryl methyl sites for hydroxylation is 2. The van der Waals surface area contributed by atoms with Gasteiger partial charge in [0.05, 0.1) is 10.7 Å². The topological polar surface area (TPSA) is 33.2 Å². The molecule has 1 aromatic heterocycles. The van der Waals surface area contributed by atoms with E-state index in [4.69, 9.17) is 4.98 Å². The largest absolute Gasteiger partial charge is 0.343 e. The van der Waals surface area contributed by atoms with Crippen molar-refractivity contribution < 1.29 is 4.79 Å². The van der Waals surface area contributed by atoms with Crippen LogP contribution >= 0.6 is 11.3 Å². The van der Waals surface area contributed by atoms with Crippen molar-refractivity contribution >= 4 is 17.2 Å². The highest BCUT2D eigenvalue weighted by Crippen LogP contribution is 2.32. The second-order valence-electron chi connectivity index (χ2n) is 6.86. The van der Waals surface area contributed by atoms with Crippen molar-refractivity contribution in [3.8, 4) is 0 Å². The lowest BCUT2D eigenvalue weighted by Crippen LogP contribution is -2.38. The van der Waals surface area contributed by atoms with Gasteiger partial charge < -0.3 is 4.90 Å². The lowest BCUT2D eigenvalue weighted by Gasteiger charge is -2.32. The molecule has 1 unspecified atom stereocenters. The van der Waals surface area contributed by atoms with Crippen LogP contribution in [0.15, 0.2) is 30.3 Å². The quantitative estimate of drug-likeness (QED) is 0.809. The van der Waals surface area contributed by atoms with E-state index < -0.39 is 0 Å². The van der Waals surface area contributed by atoms with Gasteiger partial charge >= 0.3 is 0 Å². The molecule has 2 aromatic rings. The molecule has 1 aliphatic rings. The molecule has 24 heavy (non-hydrogen) atoms. The molecule has 0 N–H and O–H groups in total. The van der Waals surface area contributed by atoms with E-state index in [0.717, 1.165) is 31.6 Å². The molecule has 0 aliphatic carbocycles. The number of piperidine rings is 1. The molecule has 0 radical (unpaired) electrons. The molecule has 1 atom stereocenters. The Kier molecular flexibility index (Phi) is 5.34. The van der Waals surface area contributed by atoms with E-state index in [1.54, 1.807) is 0 Å². The molecule has 1 amide bonds. The molecule has 1 aromatic carbocycles. The standard InChI is InChI=1S/C20H26N2OS/c1-14(17-7-5-4-6-8-17)13-19(23)22-11-9-18(10-12-22)20-21-15(2)16(3)24-20/h4-8,14,18H,9-13H2,1-3H3. The van der Waals surface area contributed by atoms with Gasteiger partial charge in [0.15, 0.2) is 0 Å². The molecule has 3 rings (SSSR count). The van der Waals surface area contributed by atoms with Gasteiger partial charge in [-0.05, 0) is 38.2 Å². The van der Waals surface area contributed by atoms with Gasteiger partial charge in [-0.3, -0.25) is 4.79 Å². The smallest absolute Gasteiger partial charge is 0.223 e. The maximum Gasteiger partial charge on any atom is 0.223 e. The number of hydrogen-bond donors (Lipinski definition) is 0. The van der Waals surface area contributed by atoms with Crippen molar-refractivity contribution in [3.05, 3.63) is 51.5 Å². The van der Waals surface area contributed by atoms with Gasteiger partial charge in [-0.15, -0.1) is 11.3 Å². The summed E-state index contributed by atoms with van der Waals surface area (Å²) in [5, 5.41) is 1.26. The normalized spacial score (nSPS) is 17.0. The number of rotatable bonds is 4. The molecule has 1 fully saturated rings. The van der Waals surface area contributed by atoms with Crippen LogP contribution in [0, 0.1) is 13.8 Å². The first-order chi connectivity index (χ1) is 11.5. The number of nitrogens with zero attached hydrogens (tertiary/aromatic N) is 2. The van der Waals surface area contributed by atoms with Gasteiger partial charge in [-0.25, -0.2) is 4.98 Å². The maximum atomic E-state index is 12.6. The molecule has 128 valence electrons. The van der Waals surface area contributed by atoms with E-state index in [0.29, 0.717) is 12.3 Å². The summed E-state index contributed by atoms with van der Waals surface area (Å²) in [4.78, 5) is 20.7. The Morgan fingerprint density at radius 3 is 2.50 bits per heavy atom. The summed E-state index contributed by atoms with van der Waals surface area (Å²) < 4.78 is 0. The van der Waals surface area contributed by atoms with Crippen LogP contribution in [-0.2, 0) is 4.79 Å². The Morgan fingerprint density at radius 1 is 1.25 bits per heavy atom. The Hall–Kier alpha value is -1.68. The van der Waals surface area contributed by atoms with Crippen molar-refractivity contribution in [1.29, 1.82) is 0 Å². The van der Waals surface area contributed by atoms with E-state index in [1.165, 1.54) is 15.4 Å². The fourth-order valence-corrected chi connectivity index (χ4v) is 4.43. The Labute approximate surface area is 148 Å². The zero-order valence-corrected chi connectivity index (χ0v) is 15.6. The predicted octanol–water partition coefficient (Wildman–Crippen LogP) is 4.66. The Balaban J connectivity index is 1.53. The lowest BCUT2D eigenvalue weighted by molar-refractivity contribution is -0.132. The predicted molar refractivity (Wildman–Crippen MR) is 99.6 cm³/mol. The molecular weight excluding hydrogens is 316 g/mol. The van der Waals surface area contributed by atoms with Crippen molar-refractivity contribution in [3.63, 3.8) is 0 Å². The average Bonchev–Trinajstić information content (AvgIpc) is 2.95. The maximum absolute atomic E-state index is 12.6. The number of likely N-dealkylation sites (tertiary alicyclic amines) is 1. The minimum Gasteiger partial charge on any atom is -0.343 e. The minimum atomic E-state index is 0.278. The number of thiazole rings is 1. The average molecular weight is 343 g/mol. The number of carbonyl (C=O) groups excluding carboxylic acids is 1. The number of hydrogen-bond acceptors (Lipinski definition) is 3. The summed E-state index contributed by atoms with van der Waals surface area (Å²) >= 11 is 1.82. The molecule has 1 saturated heterocycles. The number of amides is 1. The molecule has 0 spiro atoms. The molecular formula is C20H26N2OS. The zero-order valence-electron chi connectivity index (χ0n) is 14.8. The fourth-order valence-electron chi connectivity index (χ4n) is 3.34. The lowest BCUT2D eigenvalue weighted by atomic mass is 9.94. The minimum absolute atomic E-state index is 0.278. The van der Waals surface area contributed by atoms with E-state index in [9.17, 15) is 4.79 Å². The summed E-state index contributed by atoms with van der Waals surface area (Å²) in [7, 11) is 0. The molecule has 0 saturated carbocycles. The highest BCUT2D eigenvalue weighted by molar-refractivity contribution is 7.11. The third kappa shape index (κ3) is 3.86. The van der Waals surface area contributed by atoms with Crippen molar-refractivity contribution in [2.75, 3.05) is 13.1 Å². The second-order valence-corrected chi connectivity index (χ2v) is 8.10. The van der Waals surface area contributed by atoms with Crippen LogP contribution in [0.3, 0.4) is 0 Å². The van der Waals surface area contributed by atoms with Crippen LogP contribution in [0.25, 0.3) is 0 Å². The number of aromatic nitrogens is 1. The summed E-state index contributed by atoms with van der Waals surface area (Å²) in [5.74, 6) is 1.09. The number of benzene rings is 1. The zero-order chi connectivity index (χ0) is 17.1. The van der Waals surface area contributed by atoms with Gasteiger partial charge in [0.2, 0.25) is 5.91 Å². The van der Waals surface area contributed by atoms with Crippen molar-refractivity contribution in [1.82, 2.24) is 9.88 Å². The summed E-state index contributed by atoms with van der Waals surface area (Å²) in [6.45, 7) is 8.09. The fraction of sp³-hybridized carbons (Fsp3) is 0.500. The van der Waals surface area contributed by atoms with Crippen LogP contribution in [0.2, 0.25) is 0 Å². The van der Waals surface area contributed by atoms with Gasteiger partial charge in [0.25, 0.3) is 0 Å². The third-order valence-electron chi connectivity index (χ3n) is 5.09. The first kappa shape index (κ1) is 17.2. The van der Waals surface area contributed by atoms with Crippen molar-refractivity contribution in [2.24, 2.45) is 0 Å². The van der Waals surface area contributed by atoms with E-state index >= 15 is 0 Å². The summed E-state index contributed by atoms with van der Waals surface area (Å²) in [6, 6.07) is 10.3. The molecule has 3 nitrogen and oxygen atoms in total. The van der Waals surface area contributed by atoms with Crippen LogP contribution in [0.4, 0.5) is 0 Å². The van der Waals surface area contributed by atoms with E-state index in [-0.39, 0.29) is 11.8 Å². The summed E-state index contributed by atoms with van der Waals surface area (Å²) in [6.07, 6.45) is 2.68. The Bertz CT molecular complexity index is 667. The van der Waals surface area contributed by atoms with Crippen LogP contribution in [0.5, 0.6) is 0 Å². The second kappa shape index (κ2) is 7.47. The van der Waals surface area contributed by atoms with Gasteiger partial charge in [0.1, 0.15) is 0 Å². The van der Waals surface area contributed by atoms with Gasteiger partial charge in [0, 0.05) is 30.3 Å². The highest BCUT2D eigenvalue weighted by atomic mass is 32.1. The first-order valence-corrected chi connectivity index (χ1v) is 9.63. The Morgan fingerprint density at radius 2 is 1.92 bits per heavy atom. The SMILES string of the molecule is Cc1nc(C2CCN(C(=O)CC(C)c3ccccc3)CC2)sc1C. The van der Waals surface area contributed by atoms with Crippen LogP contribution in [0.1, 0.15) is 59.2 Å². The van der Waals surface area contributed by atoms with Crippen LogP contribution < -0.4 is 0 Å². The molecule has 0 bridgehead atoms. The first-order valence-electron chi connectivity index (χ1n) is 8.81. The van der Waals surface area contributed by atoms with Gasteiger partial charge in [-0.1, -0.05) is 37.3 Å². The van der Waals surface area contributed by atoms with E-state index in [2.05, 4.69) is 32.9 Å². The van der Waals surface area contributed by atoms with Gasteiger partial charge in [-0.2, -0.15) is 0 Å². The van der Waals surface area contributed by atoms with Crippen LogP contribution in [-0.4, -0.2) is 28.9 Å².